The second kappa shape index (κ2) is 7.44. The van der Waals surface area contributed by atoms with Gasteiger partial charge in [-0.05, 0) is 49.2 Å². The van der Waals surface area contributed by atoms with Gasteiger partial charge in [-0.2, -0.15) is 4.31 Å². The molecule has 1 aromatic carbocycles. The van der Waals surface area contributed by atoms with Crippen molar-refractivity contribution in [1.82, 2.24) is 14.2 Å². The zero-order chi connectivity index (χ0) is 19.7. The van der Waals surface area contributed by atoms with Gasteiger partial charge in [-0.3, -0.25) is 4.79 Å². The van der Waals surface area contributed by atoms with E-state index < -0.39 is 10.0 Å². The number of benzene rings is 1. The Morgan fingerprint density at radius 2 is 2.00 bits per heavy atom. The average molecular weight is 401 g/mol. The average Bonchev–Trinajstić information content (AvgIpc) is 3.36. The predicted octanol–water partition coefficient (Wildman–Crippen LogP) is 2.49. The molecule has 7 nitrogen and oxygen atoms in total. The van der Waals surface area contributed by atoms with Gasteiger partial charge >= 0.3 is 0 Å². The number of nitrogens with zero attached hydrogens (tertiary/aromatic N) is 2. The molecule has 0 aliphatic carbocycles. The van der Waals surface area contributed by atoms with Gasteiger partial charge in [-0.25, -0.2) is 8.42 Å². The van der Waals surface area contributed by atoms with Crippen LogP contribution in [-0.4, -0.2) is 36.3 Å². The standard InChI is InChI=1S/C20H23N3O4S/c1-22-9-6-16-13-18(4-5-19(16)22)28(25,26)23-10-7-15(8-11-23)20(24)21-14-17-3-2-12-27-17/h2-6,9,12-13,15H,7-8,10-11,14H2,1H3,(H,21,24). The molecule has 0 atom stereocenters. The van der Waals surface area contributed by atoms with Gasteiger partial charge in [0.1, 0.15) is 5.76 Å². The number of fused-ring (bicyclic) bond motifs is 1. The minimum absolute atomic E-state index is 0.0563. The molecule has 0 saturated carbocycles. The van der Waals surface area contributed by atoms with E-state index in [0.29, 0.717) is 43.1 Å². The predicted molar refractivity (Wildman–Crippen MR) is 105 cm³/mol. The molecular formula is C20H23N3O4S. The van der Waals surface area contributed by atoms with Crippen molar-refractivity contribution in [2.24, 2.45) is 13.0 Å². The molecule has 0 bridgehead atoms. The van der Waals surface area contributed by atoms with E-state index >= 15 is 0 Å². The Bertz CT molecular complexity index is 1080. The molecule has 3 aromatic rings. The SMILES string of the molecule is Cn1ccc2cc(S(=O)(=O)N3CCC(C(=O)NCc4ccco4)CC3)ccc21. The molecular weight excluding hydrogens is 378 g/mol. The second-order valence-electron chi connectivity index (χ2n) is 7.12. The van der Waals surface area contributed by atoms with Crippen LogP contribution in [0.3, 0.4) is 0 Å². The molecule has 1 aliphatic rings. The Morgan fingerprint density at radius 1 is 1.21 bits per heavy atom. The summed E-state index contributed by atoms with van der Waals surface area (Å²) < 4.78 is 34.6. The summed E-state index contributed by atoms with van der Waals surface area (Å²) in [6.45, 7) is 1.03. The van der Waals surface area contributed by atoms with Crippen molar-refractivity contribution in [3.8, 4) is 0 Å². The van der Waals surface area contributed by atoms with Crippen LogP contribution in [0.4, 0.5) is 0 Å². The third-order valence-electron chi connectivity index (χ3n) is 5.34. The van der Waals surface area contributed by atoms with Crippen molar-refractivity contribution in [3.63, 3.8) is 0 Å². The lowest BCUT2D eigenvalue weighted by Gasteiger charge is -2.30. The third-order valence-corrected chi connectivity index (χ3v) is 7.23. The maximum Gasteiger partial charge on any atom is 0.243 e. The number of aryl methyl sites for hydroxylation is 1. The van der Waals surface area contributed by atoms with E-state index in [-0.39, 0.29) is 11.8 Å². The summed E-state index contributed by atoms with van der Waals surface area (Å²) in [4.78, 5) is 12.6. The first-order valence-corrected chi connectivity index (χ1v) is 10.7. The van der Waals surface area contributed by atoms with E-state index in [4.69, 9.17) is 4.42 Å². The number of piperidine rings is 1. The van der Waals surface area contributed by atoms with Crippen molar-refractivity contribution < 1.29 is 17.6 Å². The summed E-state index contributed by atoms with van der Waals surface area (Å²) in [5.74, 6) is 0.460. The first kappa shape index (κ1) is 18.8. The van der Waals surface area contributed by atoms with Crippen LogP contribution in [0.5, 0.6) is 0 Å². The van der Waals surface area contributed by atoms with Crippen molar-refractivity contribution in [2.45, 2.75) is 24.3 Å². The van der Waals surface area contributed by atoms with Gasteiger partial charge in [0.05, 0.1) is 17.7 Å². The zero-order valence-corrected chi connectivity index (χ0v) is 16.5. The van der Waals surface area contributed by atoms with Gasteiger partial charge in [-0.1, -0.05) is 0 Å². The van der Waals surface area contributed by atoms with E-state index in [0.717, 1.165) is 10.9 Å². The number of amides is 1. The number of carbonyl (C=O) groups is 1. The largest absolute Gasteiger partial charge is 0.467 e. The molecule has 148 valence electrons. The molecule has 1 saturated heterocycles. The number of hydrogen-bond acceptors (Lipinski definition) is 4. The second-order valence-corrected chi connectivity index (χ2v) is 9.06. The zero-order valence-electron chi connectivity index (χ0n) is 15.7. The van der Waals surface area contributed by atoms with Crippen molar-refractivity contribution in [3.05, 3.63) is 54.6 Å². The molecule has 0 unspecified atom stereocenters. The molecule has 3 heterocycles. The van der Waals surface area contributed by atoms with Crippen LogP contribution in [0.25, 0.3) is 10.9 Å². The number of aromatic nitrogens is 1. The fraction of sp³-hybridized carbons (Fsp3) is 0.350. The molecule has 8 heteroatoms. The minimum atomic E-state index is -3.56. The lowest BCUT2D eigenvalue weighted by molar-refractivity contribution is -0.126. The fourth-order valence-corrected chi connectivity index (χ4v) is 5.16. The van der Waals surface area contributed by atoms with Gasteiger partial charge in [0.2, 0.25) is 15.9 Å². The Balaban J connectivity index is 1.39. The summed E-state index contributed by atoms with van der Waals surface area (Å²) >= 11 is 0. The quantitative estimate of drug-likeness (QED) is 0.712. The van der Waals surface area contributed by atoms with Crippen LogP contribution in [0.1, 0.15) is 18.6 Å². The molecule has 2 aromatic heterocycles. The maximum absolute atomic E-state index is 13.0. The normalized spacial score (nSPS) is 16.5. The monoisotopic (exact) mass is 401 g/mol. The van der Waals surface area contributed by atoms with Crippen LogP contribution in [-0.2, 0) is 28.4 Å². The van der Waals surface area contributed by atoms with E-state index in [9.17, 15) is 13.2 Å². The van der Waals surface area contributed by atoms with E-state index in [2.05, 4.69) is 5.32 Å². The maximum atomic E-state index is 13.0. The first-order chi connectivity index (χ1) is 13.4. The van der Waals surface area contributed by atoms with Crippen LogP contribution >= 0.6 is 0 Å². The Morgan fingerprint density at radius 3 is 2.71 bits per heavy atom. The summed E-state index contributed by atoms with van der Waals surface area (Å²) in [6.07, 6.45) is 4.50. The molecule has 28 heavy (non-hydrogen) atoms. The highest BCUT2D eigenvalue weighted by Crippen LogP contribution is 2.26. The summed E-state index contributed by atoms with van der Waals surface area (Å²) in [5.41, 5.74) is 0.992. The highest BCUT2D eigenvalue weighted by atomic mass is 32.2. The Hall–Kier alpha value is -2.58. The number of nitrogens with one attached hydrogen (secondary N) is 1. The topological polar surface area (TPSA) is 84.5 Å². The van der Waals surface area contributed by atoms with E-state index in [1.54, 1.807) is 30.5 Å². The van der Waals surface area contributed by atoms with Crippen LogP contribution < -0.4 is 5.32 Å². The highest BCUT2D eigenvalue weighted by Gasteiger charge is 2.32. The summed E-state index contributed by atoms with van der Waals surface area (Å²) in [5, 5.41) is 3.76. The van der Waals surface area contributed by atoms with Gasteiger partial charge in [0, 0.05) is 43.2 Å². The van der Waals surface area contributed by atoms with Crippen LogP contribution in [0.2, 0.25) is 0 Å². The van der Waals surface area contributed by atoms with Crippen LogP contribution in [0.15, 0.2) is 58.2 Å². The number of rotatable bonds is 5. The summed E-state index contributed by atoms with van der Waals surface area (Å²) in [7, 11) is -1.63. The molecule has 0 spiro atoms. The number of furan rings is 1. The van der Waals surface area contributed by atoms with Gasteiger partial charge in [-0.15, -0.1) is 0 Å². The highest BCUT2D eigenvalue weighted by molar-refractivity contribution is 7.89. The molecule has 1 aliphatic heterocycles. The van der Waals surface area contributed by atoms with Crippen molar-refractivity contribution >= 4 is 26.8 Å². The molecule has 4 rings (SSSR count). The Labute approximate surface area is 164 Å². The molecule has 1 N–H and O–H groups in total. The Kier molecular flexibility index (Phi) is 4.99. The van der Waals surface area contributed by atoms with Crippen LogP contribution in [0, 0.1) is 5.92 Å². The number of sulfonamides is 1. The van der Waals surface area contributed by atoms with Gasteiger partial charge in [0.25, 0.3) is 0 Å². The van der Waals surface area contributed by atoms with E-state index in [1.807, 2.05) is 29.9 Å². The molecule has 1 fully saturated rings. The van der Waals surface area contributed by atoms with E-state index in [1.165, 1.54) is 4.31 Å². The minimum Gasteiger partial charge on any atom is -0.467 e. The lowest BCUT2D eigenvalue weighted by Crippen LogP contribution is -2.42. The number of carbonyl (C=O) groups excluding carboxylic acids is 1. The van der Waals surface area contributed by atoms with Gasteiger partial charge < -0.3 is 14.3 Å². The summed E-state index contributed by atoms with van der Waals surface area (Å²) in [6, 6.07) is 10.7. The van der Waals surface area contributed by atoms with Crippen molar-refractivity contribution in [2.75, 3.05) is 13.1 Å². The molecule has 1 amide bonds. The molecule has 0 radical (unpaired) electrons. The fourth-order valence-electron chi connectivity index (χ4n) is 3.66. The third kappa shape index (κ3) is 3.57. The number of hydrogen-bond donors (Lipinski definition) is 1. The first-order valence-electron chi connectivity index (χ1n) is 9.30. The van der Waals surface area contributed by atoms with Crippen molar-refractivity contribution in [1.29, 1.82) is 0 Å². The lowest BCUT2D eigenvalue weighted by atomic mass is 9.97. The van der Waals surface area contributed by atoms with Gasteiger partial charge in [0.15, 0.2) is 0 Å². The smallest absolute Gasteiger partial charge is 0.243 e.